The molecule has 0 spiro atoms. The third-order valence-corrected chi connectivity index (χ3v) is 5.02. The minimum atomic E-state index is -1.27. The highest BCUT2D eigenvalue weighted by molar-refractivity contribution is 9.10. The van der Waals surface area contributed by atoms with Gasteiger partial charge in [0, 0.05) is 4.47 Å². The number of anilines is 1. The number of aliphatic hydroxyl groups is 3. The van der Waals surface area contributed by atoms with Crippen molar-refractivity contribution in [3.05, 3.63) is 40.6 Å². The number of hydrogen-bond donors (Lipinski definition) is 4. The van der Waals surface area contributed by atoms with Crippen LogP contribution in [0.25, 0.3) is 11.2 Å². The van der Waals surface area contributed by atoms with E-state index in [1.807, 2.05) is 24.3 Å². The van der Waals surface area contributed by atoms with E-state index in [0.29, 0.717) is 5.52 Å². The first-order valence-electron chi connectivity index (χ1n) is 8.47. The normalized spacial score (nSPS) is 24.7. The van der Waals surface area contributed by atoms with E-state index in [1.54, 1.807) is 0 Å². The molecule has 1 saturated heterocycles. The van der Waals surface area contributed by atoms with E-state index in [2.05, 4.69) is 30.9 Å². The third kappa shape index (κ3) is 3.42. The first-order valence-corrected chi connectivity index (χ1v) is 9.27. The number of fused-ring (bicyclic) bond motifs is 1. The SMILES string of the molecule is Nc1nc(OCc2ccc(Br)cc2)c2ncn([C@@H]3O[C@H](CO)[C@@H](O)[C@H]3O)c2n1. The summed E-state index contributed by atoms with van der Waals surface area (Å²) >= 11 is 3.38. The maximum Gasteiger partial charge on any atom is 0.247 e. The predicted molar refractivity (Wildman–Crippen MR) is 101 cm³/mol. The predicted octanol–water partition coefficient (Wildman–Crippen LogP) is 0.361. The summed E-state index contributed by atoms with van der Waals surface area (Å²) in [6, 6.07) is 7.62. The molecule has 0 amide bonds. The maximum absolute atomic E-state index is 10.3. The molecule has 1 aliphatic heterocycles. The zero-order valence-electron chi connectivity index (χ0n) is 14.5. The summed E-state index contributed by atoms with van der Waals surface area (Å²) in [7, 11) is 0. The number of hydrogen-bond acceptors (Lipinski definition) is 9. The number of aliphatic hydroxyl groups excluding tert-OH is 3. The second-order valence-corrected chi connectivity index (χ2v) is 7.27. The van der Waals surface area contributed by atoms with Crippen LogP contribution >= 0.6 is 15.9 Å². The number of benzene rings is 1. The maximum atomic E-state index is 10.3. The molecule has 3 heterocycles. The molecule has 1 aromatic carbocycles. The number of aromatic nitrogens is 4. The first kappa shape index (κ1) is 19.0. The van der Waals surface area contributed by atoms with E-state index in [-0.39, 0.29) is 24.1 Å². The molecule has 5 N–H and O–H groups in total. The fourth-order valence-electron chi connectivity index (χ4n) is 3.04. The minimum Gasteiger partial charge on any atom is -0.471 e. The van der Waals surface area contributed by atoms with Gasteiger partial charge in [0.2, 0.25) is 11.8 Å². The van der Waals surface area contributed by atoms with Crippen molar-refractivity contribution in [2.24, 2.45) is 0 Å². The number of nitrogen functional groups attached to an aromatic ring is 1. The van der Waals surface area contributed by atoms with Gasteiger partial charge in [0.05, 0.1) is 12.9 Å². The lowest BCUT2D eigenvalue weighted by Gasteiger charge is -2.16. The molecule has 1 fully saturated rings. The Balaban J connectivity index is 1.64. The summed E-state index contributed by atoms with van der Waals surface area (Å²) in [5.74, 6) is 0.155. The molecule has 28 heavy (non-hydrogen) atoms. The molecule has 11 heteroatoms. The van der Waals surface area contributed by atoms with Crippen LogP contribution in [0.4, 0.5) is 5.95 Å². The summed E-state index contributed by atoms with van der Waals surface area (Å²) in [6.07, 6.45) is -3.00. The minimum absolute atomic E-state index is 0.0354. The quantitative estimate of drug-likeness (QED) is 0.431. The highest BCUT2D eigenvalue weighted by Gasteiger charge is 2.44. The van der Waals surface area contributed by atoms with Gasteiger partial charge in [-0.3, -0.25) is 4.57 Å². The van der Waals surface area contributed by atoms with Crippen LogP contribution in [0.1, 0.15) is 11.8 Å². The van der Waals surface area contributed by atoms with Crippen LogP contribution in [-0.2, 0) is 11.3 Å². The highest BCUT2D eigenvalue weighted by atomic mass is 79.9. The third-order valence-electron chi connectivity index (χ3n) is 4.49. The van der Waals surface area contributed by atoms with Crippen LogP contribution in [0.3, 0.4) is 0 Å². The fourth-order valence-corrected chi connectivity index (χ4v) is 3.30. The molecule has 0 radical (unpaired) electrons. The Morgan fingerprint density at radius 2 is 1.93 bits per heavy atom. The van der Waals surface area contributed by atoms with Crippen molar-refractivity contribution in [2.75, 3.05) is 12.3 Å². The van der Waals surface area contributed by atoms with E-state index in [0.717, 1.165) is 10.0 Å². The Kier molecular flexibility index (Phi) is 5.17. The number of halogens is 1. The van der Waals surface area contributed by atoms with Crippen molar-refractivity contribution in [1.82, 2.24) is 19.5 Å². The molecular weight excluding hydrogens is 434 g/mol. The molecular formula is C17H18BrN5O5. The molecule has 3 aromatic rings. The number of nitrogens with two attached hydrogens (primary N) is 1. The Morgan fingerprint density at radius 1 is 1.18 bits per heavy atom. The lowest BCUT2D eigenvalue weighted by atomic mass is 10.1. The number of nitrogens with zero attached hydrogens (tertiary/aromatic N) is 4. The Bertz CT molecular complexity index is 982. The summed E-state index contributed by atoms with van der Waals surface area (Å²) in [5.41, 5.74) is 7.36. The zero-order chi connectivity index (χ0) is 19.8. The van der Waals surface area contributed by atoms with Gasteiger partial charge >= 0.3 is 0 Å². The topological polar surface area (TPSA) is 149 Å². The van der Waals surface area contributed by atoms with Crippen molar-refractivity contribution < 1.29 is 24.8 Å². The van der Waals surface area contributed by atoms with E-state index < -0.39 is 31.1 Å². The van der Waals surface area contributed by atoms with Crippen molar-refractivity contribution >= 4 is 33.0 Å². The first-order chi connectivity index (χ1) is 13.5. The van der Waals surface area contributed by atoms with E-state index in [4.69, 9.17) is 15.2 Å². The van der Waals surface area contributed by atoms with Crippen molar-refractivity contribution in [2.45, 2.75) is 31.1 Å². The van der Waals surface area contributed by atoms with E-state index in [1.165, 1.54) is 10.9 Å². The molecule has 0 saturated carbocycles. The Morgan fingerprint density at radius 3 is 2.61 bits per heavy atom. The average molecular weight is 452 g/mol. The van der Waals surface area contributed by atoms with Crippen LogP contribution in [0.15, 0.2) is 35.1 Å². The van der Waals surface area contributed by atoms with Crippen LogP contribution < -0.4 is 10.5 Å². The van der Waals surface area contributed by atoms with Gasteiger partial charge in [-0.2, -0.15) is 9.97 Å². The molecule has 10 nitrogen and oxygen atoms in total. The molecule has 4 rings (SSSR count). The lowest BCUT2D eigenvalue weighted by molar-refractivity contribution is -0.0511. The molecule has 148 valence electrons. The smallest absolute Gasteiger partial charge is 0.247 e. The van der Waals surface area contributed by atoms with Crippen LogP contribution in [0, 0.1) is 0 Å². The highest BCUT2D eigenvalue weighted by Crippen LogP contribution is 2.33. The number of imidazole rings is 1. The van der Waals surface area contributed by atoms with Gasteiger partial charge in [-0.05, 0) is 17.7 Å². The van der Waals surface area contributed by atoms with Gasteiger partial charge in [0.1, 0.15) is 24.9 Å². The molecule has 0 unspecified atom stereocenters. The zero-order valence-corrected chi connectivity index (χ0v) is 16.1. The lowest BCUT2D eigenvalue weighted by Crippen LogP contribution is -2.33. The summed E-state index contributed by atoms with van der Waals surface area (Å²) in [6.45, 7) is -0.181. The fraction of sp³-hybridized carbons (Fsp3) is 0.353. The van der Waals surface area contributed by atoms with Crippen molar-refractivity contribution in [1.29, 1.82) is 0 Å². The van der Waals surface area contributed by atoms with Crippen LogP contribution in [0.5, 0.6) is 5.88 Å². The second-order valence-electron chi connectivity index (χ2n) is 6.36. The largest absolute Gasteiger partial charge is 0.471 e. The molecule has 0 bridgehead atoms. The summed E-state index contributed by atoms with van der Waals surface area (Å²) in [4.78, 5) is 12.5. The molecule has 4 atom stereocenters. The Labute approximate surface area is 167 Å². The standard InChI is InChI=1S/C17H18BrN5O5/c18-9-3-1-8(2-4-9)6-27-15-11-14(21-17(19)22-15)23(7-20-11)16-13(26)12(25)10(5-24)28-16/h1-4,7,10,12-13,16,24-26H,5-6H2,(H2,19,21,22)/t10-,12-,13-,16-/m1/s1. The molecule has 2 aromatic heterocycles. The van der Waals surface area contributed by atoms with Gasteiger partial charge in [0.15, 0.2) is 17.4 Å². The van der Waals surface area contributed by atoms with E-state index >= 15 is 0 Å². The van der Waals surface area contributed by atoms with Crippen LogP contribution in [0.2, 0.25) is 0 Å². The monoisotopic (exact) mass is 451 g/mol. The molecule has 0 aliphatic carbocycles. The number of ether oxygens (including phenoxy) is 2. The average Bonchev–Trinajstić information content (AvgIpc) is 3.22. The second kappa shape index (κ2) is 7.60. The van der Waals surface area contributed by atoms with Crippen LogP contribution in [-0.4, -0.2) is 59.8 Å². The van der Waals surface area contributed by atoms with Gasteiger partial charge in [-0.1, -0.05) is 28.1 Å². The molecule has 1 aliphatic rings. The summed E-state index contributed by atoms with van der Waals surface area (Å²) in [5, 5.41) is 29.5. The number of rotatable bonds is 5. The van der Waals surface area contributed by atoms with Crippen molar-refractivity contribution in [3.8, 4) is 5.88 Å². The van der Waals surface area contributed by atoms with Gasteiger partial charge in [0.25, 0.3) is 0 Å². The van der Waals surface area contributed by atoms with Gasteiger partial charge < -0.3 is 30.5 Å². The summed E-state index contributed by atoms with van der Waals surface area (Å²) < 4.78 is 13.7. The van der Waals surface area contributed by atoms with E-state index in [9.17, 15) is 15.3 Å². The van der Waals surface area contributed by atoms with Crippen molar-refractivity contribution in [3.63, 3.8) is 0 Å². The van der Waals surface area contributed by atoms with Gasteiger partial charge in [-0.25, -0.2) is 4.98 Å². The van der Waals surface area contributed by atoms with Gasteiger partial charge in [-0.15, -0.1) is 0 Å². The Hall–Kier alpha value is -2.31.